The van der Waals surface area contributed by atoms with E-state index in [9.17, 15) is 5.11 Å². The van der Waals surface area contributed by atoms with E-state index in [2.05, 4.69) is 0 Å². The van der Waals surface area contributed by atoms with Crippen molar-refractivity contribution in [3.63, 3.8) is 0 Å². The molecule has 0 radical (unpaired) electrons. The topological polar surface area (TPSA) is 38.7 Å². The highest BCUT2D eigenvalue weighted by atomic mass is 16.5. The highest BCUT2D eigenvalue weighted by Gasteiger charge is 2.16. The van der Waals surface area contributed by atoms with Gasteiger partial charge in [0.25, 0.3) is 0 Å². The molecular formula is C17H20O3. The van der Waals surface area contributed by atoms with Crippen molar-refractivity contribution in [3.8, 4) is 11.5 Å². The Bertz CT molecular complexity index is 578. The normalized spacial score (nSPS) is 12.0. The third kappa shape index (κ3) is 3.11. The summed E-state index contributed by atoms with van der Waals surface area (Å²) in [5.41, 5.74) is 2.64. The maximum atomic E-state index is 10.6. The van der Waals surface area contributed by atoms with Crippen molar-refractivity contribution in [1.82, 2.24) is 0 Å². The van der Waals surface area contributed by atoms with Crippen molar-refractivity contribution in [2.75, 3.05) is 13.7 Å². The Hall–Kier alpha value is -2.00. The van der Waals surface area contributed by atoms with Gasteiger partial charge in [-0.25, -0.2) is 0 Å². The quantitative estimate of drug-likeness (QED) is 0.905. The van der Waals surface area contributed by atoms with Gasteiger partial charge in [-0.05, 0) is 43.2 Å². The first kappa shape index (κ1) is 14.4. The van der Waals surface area contributed by atoms with Crippen LogP contribution in [0.3, 0.4) is 0 Å². The van der Waals surface area contributed by atoms with Gasteiger partial charge in [-0.2, -0.15) is 0 Å². The molecule has 2 rings (SSSR count). The molecule has 0 bridgehead atoms. The van der Waals surface area contributed by atoms with Gasteiger partial charge < -0.3 is 14.6 Å². The molecule has 0 fully saturated rings. The maximum absolute atomic E-state index is 10.6. The van der Waals surface area contributed by atoms with Crippen LogP contribution in [0.5, 0.6) is 11.5 Å². The molecule has 0 saturated carbocycles. The summed E-state index contributed by atoms with van der Waals surface area (Å²) in [6.45, 7) is 4.54. The zero-order valence-corrected chi connectivity index (χ0v) is 12.1. The second kappa shape index (κ2) is 6.44. The molecule has 1 unspecified atom stereocenters. The van der Waals surface area contributed by atoms with E-state index in [-0.39, 0.29) is 0 Å². The van der Waals surface area contributed by atoms with Gasteiger partial charge in [0, 0.05) is 5.56 Å². The van der Waals surface area contributed by atoms with Crippen LogP contribution in [0, 0.1) is 6.92 Å². The maximum Gasteiger partial charge on any atom is 0.125 e. The lowest BCUT2D eigenvalue weighted by molar-refractivity contribution is 0.214. The van der Waals surface area contributed by atoms with Crippen LogP contribution in [0.15, 0.2) is 42.5 Å². The fourth-order valence-corrected chi connectivity index (χ4v) is 2.16. The summed E-state index contributed by atoms with van der Waals surface area (Å²) in [6.07, 6.45) is -0.731. The average Bonchev–Trinajstić information content (AvgIpc) is 2.47. The molecular weight excluding hydrogens is 252 g/mol. The first-order valence-electron chi connectivity index (χ1n) is 6.71. The molecule has 20 heavy (non-hydrogen) atoms. The highest BCUT2D eigenvalue weighted by molar-refractivity contribution is 5.43. The lowest BCUT2D eigenvalue weighted by Gasteiger charge is -2.16. The first-order chi connectivity index (χ1) is 9.65. The van der Waals surface area contributed by atoms with Gasteiger partial charge in [0.05, 0.1) is 13.7 Å². The zero-order valence-electron chi connectivity index (χ0n) is 12.1. The molecule has 106 valence electrons. The number of hydrogen-bond donors (Lipinski definition) is 1. The van der Waals surface area contributed by atoms with Crippen molar-refractivity contribution >= 4 is 0 Å². The van der Waals surface area contributed by atoms with Gasteiger partial charge in [0.15, 0.2) is 0 Å². The van der Waals surface area contributed by atoms with E-state index in [1.807, 2.05) is 56.3 Å². The molecule has 1 N–H and O–H groups in total. The zero-order chi connectivity index (χ0) is 14.5. The van der Waals surface area contributed by atoms with Gasteiger partial charge in [-0.3, -0.25) is 0 Å². The number of methoxy groups -OCH3 is 1. The minimum absolute atomic E-state index is 0.605. The van der Waals surface area contributed by atoms with Gasteiger partial charge >= 0.3 is 0 Å². The van der Waals surface area contributed by atoms with Crippen LogP contribution < -0.4 is 9.47 Å². The number of aryl methyl sites for hydroxylation is 1. The Labute approximate surface area is 119 Å². The third-order valence-corrected chi connectivity index (χ3v) is 3.17. The Morgan fingerprint density at radius 3 is 2.65 bits per heavy atom. The Balaban J connectivity index is 2.35. The van der Waals surface area contributed by atoms with Crippen LogP contribution in [-0.4, -0.2) is 18.8 Å². The van der Waals surface area contributed by atoms with Gasteiger partial charge in [0.1, 0.15) is 17.6 Å². The number of benzene rings is 2. The molecule has 1 atom stereocenters. The summed E-state index contributed by atoms with van der Waals surface area (Å²) in [7, 11) is 1.61. The summed E-state index contributed by atoms with van der Waals surface area (Å²) < 4.78 is 10.8. The third-order valence-electron chi connectivity index (χ3n) is 3.17. The van der Waals surface area contributed by atoms with Crippen LogP contribution >= 0.6 is 0 Å². The van der Waals surface area contributed by atoms with E-state index in [1.165, 1.54) is 0 Å². The smallest absolute Gasteiger partial charge is 0.125 e. The molecule has 0 aliphatic heterocycles. The largest absolute Gasteiger partial charge is 0.496 e. The van der Waals surface area contributed by atoms with Gasteiger partial charge in [0.2, 0.25) is 0 Å². The van der Waals surface area contributed by atoms with E-state index in [4.69, 9.17) is 9.47 Å². The Kier molecular flexibility index (Phi) is 4.64. The first-order valence-corrected chi connectivity index (χ1v) is 6.71. The van der Waals surface area contributed by atoms with E-state index in [0.717, 1.165) is 22.4 Å². The molecule has 2 aromatic rings. The summed E-state index contributed by atoms with van der Waals surface area (Å²) in [4.78, 5) is 0. The van der Waals surface area contributed by atoms with Crippen molar-refractivity contribution in [2.24, 2.45) is 0 Å². The monoisotopic (exact) mass is 272 g/mol. The van der Waals surface area contributed by atoms with Gasteiger partial charge in [-0.15, -0.1) is 0 Å². The summed E-state index contributed by atoms with van der Waals surface area (Å²) in [6, 6.07) is 13.3. The van der Waals surface area contributed by atoms with Crippen LogP contribution in [0.4, 0.5) is 0 Å². The molecule has 0 spiro atoms. The average molecular weight is 272 g/mol. The van der Waals surface area contributed by atoms with Crippen LogP contribution in [0.2, 0.25) is 0 Å². The van der Waals surface area contributed by atoms with Crippen molar-refractivity contribution in [3.05, 3.63) is 59.2 Å². The summed E-state index contributed by atoms with van der Waals surface area (Å²) in [5.74, 6) is 1.45. The summed E-state index contributed by atoms with van der Waals surface area (Å²) >= 11 is 0. The lowest BCUT2D eigenvalue weighted by Crippen LogP contribution is -2.03. The lowest BCUT2D eigenvalue weighted by atomic mass is 9.99. The number of hydrogen-bond acceptors (Lipinski definition) is 3. The van der Waals surface area contributed by atoms with Crippen molar-refractivity contribution in [2.45, 2.75) is 20.0 Å². The molecule has 0 aromatic heterocycles. The predicted octanol–water partition coefficient (Wildman–Crippen LogP) is 3.48. The molecule has 0 amide bonds. The van der Waals surface area contributed by atoms with Crippen LogP contribution in [0.25, 0.3) is 0 Å². The standard InChI is InChI=1S/C17H20O3/c1-4-20-14-7-5-6-13(11-14)17(18)15-9-8-12(2)10-16(15)19-3/h5-11,17-18H,4H2,1-3H3. The van der Waals surface area contributed by atoms with E-state index >= 15 is 0 Å². The highest BCUT2D eigenvalue weighted by Crippen LogP contribution is 2.32. The van der Waals surface area contributed by atoms with Crippen LogP contribution in [-0.2, 0) is 0 Å². The predicted molar refractivity (Wildman–Crippen MR) is 79.4 cm³/mol. The van der Waals surface area contributed by atoms with Crippen molar-refractivity contribution < 1.29 is 14.6 Å². The minimum atomic E-state index is -0.731. The minimum Gasteiger partial charge on any atom is -0.496 e. The SMILES string of the molecule is CCOc1cccc(C(O)c2ccc(C)cc2OC)c1. The molecule has 0 heterocycles. The molecule has 0 aliphatic rings. The number of ether oxygens (including phenoxy) is 2. The fraction of sp³-hybridized carbons (Fsp3) is 0.294. The van der Waals surface area contributed by atoms with E-state index in [1.54, 1.807) is 7.11 Å². The molecule has 3 nitrogen and oxygen atoms in total. The van der Waals surface area contributed by atoms with Crippen molar-refractivity contribution in [1.29, 1.82) is 0 Å². The fourth-order valence-electron chi connectivity index (χ4n) is 2.16. The number of rotatable bonds is 5. The summed E-state index contributed by atoms with van der Waals surface area (Å²) in [5, 5.41) is 10.6. The second-order valence-corrected chi connectivity index (χ2v) is 4.65. The number of aliphatic hydroxyl groups is 1. The molecule has 0 aliphatic carbocycles. The number of aliphatic hydroxyl groups excluding tert-OH is 1. The van der Waals surface area contributed by atoms with E-state index < -0.39 is 6.10 Å². The second-order valence-electron chi connectivity index (χ2n) is 4.65. The molecule has 2 aromatic carbocycles. The molecule has 3 heteroatoms. The molecule has 0 saturated heterocycles. The van der Waals surface area contributed by atoms with Gasteiger partial charge in [-0.1, -0.05) is 24.3 Å². The Morgan fingerprint density at radius 2 is 1.95 bits per heavy atom. The Morgan fingerprint density at radius 1 is 1.15 bits per heavy atom. The van der Waals surface area contributed by atoms with E-state index in [0.29, 0.717) is 12.4 Å². The van der Waals surface area contributed by atoms with Crippen LogP contribution in [0.1, 0.15) is 29.7 Å².